The first-order valence-electron chi connectivity index (χ1n) is 38.7. The summed E-state index contributed by atoms with van der Waals surface area (Å²) in [7, 11) is 0. The predicted octanol–water partition coefficient (Wildman–Crippen LogP) is 26.0. The zero-order chi connectivity index (χ0) is 73.0. The third-order valence-electron chi connectivity index (χ3n) is 23.6. The Morgan fingerprint density at radius 2 is 0.613 bits per heavy atom. The molecule has 1 unspecified atom stereocenters. The zero-order valence-electron chi connectivity index (χ0n) is 60.9. The number of rotatable bonds is 11. The minimum Gasteiger partial charge on any atom is -0.310 e. The van der Waals surface area contributed by atoms with Gasteiger partial charge in [-0.1, -0.05) is 328 Å². The summed E-state index contributed by atoms with van der Waals surface area (Å²) in [6, 6.07) is 150. The molecule has 518 valence electrons. The fourth-order valence-electron chi connectivity index (χ4n) is 18.7. The minimum absolute atomic E-state index is 0.0749. The highest BCUT2D eigenvalue weighted by atomic mass is 15.2. The van der Waals surface area contributed by atoms with Crippen LogP contribution in [0.25, 0.3) is 139 Å². The number of para-hydroxylation sites is 6. The Morgan fingerprint density at radius 3 is 1.07 bits per heavy atom. The molecule has 5 heteroatoms. The van der Waals surface area contributed by atoms with Crippen molar-refractivity contribution in [1.82, 2.24) is 9.13 Å². The van der Waals surface area contributed by atoms with Gasteiger partial charge in [-0.2, -0.15) is 0 Å². The molecular weight excluding hydrogens is 1340 g/mol. The van der Waals surface area contributed by atoms with Crippen LogP contribution in [0.15, 0.2) is 406 Å². The molecule has 17 aromatic carbocycles. The Labute approximate surface area is 646 Å². The number of benzene rings is 17. The van der Waals surface area contributed by atoms with E-state index in [1.165, 1.54) is 87.8 Å². The van der Waals surface area contributed by atoms with Crippen LogP contribution < -0.4 is 26.2 Å². The van der Waals surface area contributed by atoms with E-state index in [-0.39, 0.29) is 12.6 Å². The van der Waals surface area contributed by atoms with Crippen LogP contribution in [-0.4, -0.2) is 15.8 Å². The highest BCUT2D eigenvalue weighted by Gasteiger charge is 2.46. The lowest BCUT2D eigenvalue weighted by Gasteiger charge is -2.46. The highest BCUT2D eigenvalue weighted by molar-refractivity contribution is 7.00. The van der Waals surface area contributed by atoms with Gasteiger partial charge in [0.25, 0.3) is 6.71 Å². The zero-order valence-corrected chi connectivity index (χ0v) is 60.9. The van der Waals surface area contributed by atoms with E-state index in [1.54, 1.807) is 0 Å². The number of fused-ring (bicyclic) bond motifs is 13. The fourth-order valence-corrected chi connectivity index (χ4v) is 18.7. The Morgan fingerprint density at radius 1 is 0.252 bits per heavy atom. The smallest absolute Gasteiger partial charge is 0.252 e. The van der Waals surface area contributed by atoms with Gasteiger partial charge in [-0.25, -0.2) is 0 Å². The second-order valence-corrected chi connectivity index (χ2v) is 29.7. The van der Waals surface area contributed by atoms with E-state index < -0.39 is 0 Å². The average molecular weight is 1410 g/mol. The normalized spacial score (nSPS) is 13.4. The average Bonchev–Trinajstić information content (AvgIpc) is 1.00. The van der Waals surface area contributed by atoms with Gasteiger partial charge in [0.1, 0.15) is 0 Å². The third kappa shape index (κ3) is 10.5. The number of hydrogen-bond donors (Lipinski definition) is 0. The first kappa shape index (κ1) is 64.0. The van der Waals surface area contributed by atoms with Crippen LogP contribution in [0.3, 0.4) is 0 Å². The summed E-state index contributed by atoms with van der Waals surface area (Å²) in [5.74, 6) is -0.0749. The molecule has 3 aliphatic rings. The van der Waals surface area contributed by atoms with Gasteiger partial charge in [-0.05, 0) is 180 Å². The van der Waals surface area contributed by atoms with Gasteiger partial charge < -0.3 is 18.9 Å². The molecule has 0 spiro atoms. The largest absolute Gasteiger partial charge is 0.310 e. The van der Waals surface area contributed by atoms with Crippen LogP contribution in [0.4, 0.5) is 34.1 Å². The highest BCUT2D eigenvalue weighted by Crippen LogP contribution is 2.55. The molecule has 0 fully saturated rings. The molecule has 111 heavy (non-hydrogen) atoms. The molecule has 0 saturated carbocycles. The van der Waals surface area contributed by atoms with E-state index in [0.29, 0.717) is 0 Å². The van der Waals surface area contributed by atoms with Crippen LogP contribution in [0.1, 0.15) is 22.6 Å². The number of aromatic nitrogens is 2. The van der Waals surface area contributed by atoms with Crippen molar-refractivity contribution in [3.63, 3.8) is 0 Å². The Bertz CT molecular complexity index is 6450. The van der Waals surface area contributed by atoms with Crippen molar-refractivity contribution < 1.29 is 0 Å². The maximum absolute atomic E-state index is 2.72. The maximum atomic E-state index is 2.72. The van der Waals surface area contributed by atoms with Crippen molar-refractivity contribution in [2.24, 2.45) is 0 Å². The molecule has 22 rings (SSSR count). The first-order valence-corrected chi connectivity index (χ1v) is 38.7. The third-order valence-corrected chi connectivity index (χ3v) is 23.6. The summed E-state index contributed by atoms with van der Waals surface area (Å²) in [5.41, 5.74) is 37.4. The van der Waals surface area contributed by atoms with Crippen molar-refractivity contribution in [3.8, 4) is 89.3 Å². The van der Waals surface area contributed by atoms with Crippen molar-refractivity contribution in [2.75, 3.05) is 9.80 Å². The number of hydrogen-bond acceptors (Lipinski definition) is 2. The van der Waals surface area contributed by atoms with E-state index >= 15 is 0 Å². The van der Waals surface area contributed by atoms with Crippen LogP contribution >= 0.6 is 0 Å². The monoisotopic (exact) mass is 1410 g/mol. The van der Waals surface area contributed by atoms with Crippen molar-refractivity contribution in [1.29, 1.82) is 0 Å². The van der Waals surface area contributed by atoms with Gasteiger partial charge in [0, 0.05) is 83.8 Å². The van der Waals surface area contributed by atoms with E-state index in [4.69, 9.17) is 0 Å². The summed E-state index contributed by atoms with van der Waals surface area (Å²) in [4.78, 5) is 5.44. The standard InChI is InChI=1S/C106H71BN4/c1-7-29-70(30-8-1)86-47-27-48-87(71-31-9-2-10-32-71)105(86)110-100-66-78(76-57-61-98-92(64-76)90-45-23-25-51-96(90)108(98)82-39-15-5-16-40-82)55-59-94(100)107-95-60-56-79(77-58-62-99-93(65-77)91-46-24-26-52-97(91)109(99)83-41-17-6-18-42-83)67-101(95)111(106-88(72-33-11-3-12-34-72)49-28-50-89(106)73-35-13-4-14-36-73)103-69-81(68-102(110)104(103)107)75-54-53-74-37-19-21-43-84(74)85-44-22-20-38-80(85)63-75/h1-62,64-69,75H,63H2. The van der Waals surface area contributed by atoms with Crippen LogP contribution in [0.5, 0.6) is 0 Å². The summed E-state index contributed by atoms with van der Waals surface area (Å²) in [5, 5.41) is 4.86. The minimum atomic E-state index is -0.254. The predicted molar refractivity (Wildman–Crippen MR) is 469 cm³/mol. The molecule has 19 aromatic rings. The van der Waals surface area contributed by atoms with Crippen LogP contribution in [-0.2, 0) is 6.42 Å². The van der Waals surface area contributed by atoms with E-state index in [1.807, 2.05) is 0 Å². The van der Waals surface area contributed by atoms with Gasteiger partial charge in [0.05, 0.1) is 33.4 Å². The molecule has 1 atom stereocenters. The quantitative estimate of drug-likeness (QED) is 0.120. The fraction of sp³-hybridized carbons (Fsp3) is 0.0189. The van der Waals surface area contributed by atoms with Crippen molar-refractivity contribution in [3.05, 3.63) is 423 Å². The van der Waals surface area contributed by atoms with Gasteiger partial charge in [0.15, 0.2) is 0 Å². The summed E-state index contributed by atoms with van der Waals surface area (Å²) in [6.45, 7) is -0.254. The Hall–Kier alpha value is -14.3. The number of nitrogens with zero attached hydrogens (tertiary/aromatic N) is 4. The van der Waals surface area contributed by atoms with Crippen LogP contribution in [0, 0.1) is 0 Å². The van der Waals surface area contributed by atoms with E-state index in [2.05, 4.69) is 431 Å². The summed E-state index contributed by atoms with van der Waals surface area (Å²) in [6.07, 6.45) is 5.69. The molecular formula is C106H71BN4. The molecule has 2 aromatic heterocycles. The second-order valence-electron chi connectivity index (χ2n) is 29.7. The van der Waals surface area contributed by atoms with Gasteiger partial charge in [0.2, 0.25) is 0 Å². The van der Waals surface area contributed by atoms with E-state index in [9.17, 15) is 0 Å². The Kier molecular flexibility index (Phi) is 15.2. The lowest BCUT2D eigenvalue weighted by atomic mass is 9.33. The molecule has 0 N–H and O–H groups in total. The van der Waals surface area contributed by atoms with Gasteiger partial charge in [-0.15, -0.1) is 0 Å². The lowest BCUT2D eigenvalue weighted by Crippen LogP contribution is -2.61. The molecule has 0 radical (unpaired) electrons. The molecule has 0 amide bonds. The molecule has 2 aliphatic heterocycles. The molecule has 1 aliphatic carbocycles. The van der Waals surface area contributed by atoms with Crippen molar-refractivity contribution in [2.45, 2.75) is 12.3 Å². The topological polar surface area (TPSA) is 16.3 Å². The molecule has 0 saturated heterocycles. The van der Waals surface area contributed by atoms with Crippen LogP contribution in [0.2, 0.25) is 0 Å². The number of anilines is 6. The Balaban J connectivity index is 0.874. The second kappa shape index (κ2) is 26.3. The van der Waals surface area contributed by atoms with Crippen molar-refractivity contribution >= 4 is 107 Å². The lowest BCUT2D eigenvalue weighted by molar-refractivity contribution is 0.839. The summed E-state index contributed by atoms with van der Waals surface area (Å²) < 4.78 is 4.84. The van der Waals surface area contributed by atoms with Gasteiger partial charge >= 0.3 is 0 Å². The number of allylic oxidation sites excluding steroid dienone is 1. The molecule has 0 bridgehead atoms. The maximum Gasteiger partial charge on any atom is 0.252 e. The molecule has 4 heterocycles. The summed E-state index contributed by atoms with van der Waals surface area (Å²) >= 11 is 0. The van der Waals surface area contributed by atoms with E-state index in [0.717, 1.165) is 119 Å². The molecule has 4 nitrogen and oxygen atoms in total. The van der Waals surface area contributed by atoms with Gasteiger partial charge in [-0.3, -0.25) is 0 Å². The SMILES string of the molecule is C1=CC(c2cc3c4c(c2)N(c2c(-c5ccccc5)cccc2-c2ccccc2)c2cc(-c5ccc6c(c5)c5ccccc5n6-c5ccccc5)ccc2B4c2ccc(-c4ccc5c(c4)c4ccccc4n5-c4ccccc4)cc2N3c2c(-c3ccccc3)cccc2-c2ccccc2)Cc2ccccc2-c2ccccc21. The first-order chi connectivity index (χ1) is 55.1.